The highest BCUT2D eigenvalue weighted by Crippen LogP contribution is 2.16. The Labute approximate surface area is 103 Å². The summed E-state index contributed by atoms with van der Waals surface area (Å²) in [5.74, 6) is -1.49. The quantitative estimate of drug-likeness (QED) is 0.706. The number of thiophene rings is 1. The second-order valence-corrected chi connectivity index (χ2v) is 4.44. The zero-order valence-electron chi connectivity index (χ0n) is 9.47. The van der Waals surface area contributed by atoms with Crippen molar-refractivity contribution in [2.75, 3.05) is 6.54 Å². The summed E-state index contributed by atoms with van der Waals surface area (Å²) in [4.78, 5) is 22.7. The number of carbonyl (C=O) groups excluding carboxylic acids is 1. The summed E-state index contributed by atoms with van der Waals surface area (Å²) in [5.41, 5.74) is 0.978. The highest BCUT2D eigenvalue weighted by Gasteiger charge is 2.15. The van der Waals surface area contributed by atoms with E-state index in [1.54, 1.807) is 0 Å². The van der Waals surface area contributed by atoms with Crippen molar-refractivity contribution in [1.29, 1.82) is 0 Å². The van der Waals surface area contributed by atoms with E-state index in [-0.39, 0.29) is 18.9 Å². The maximum atomic E-state index is 11.7. The van der Waals surface area contributed by atoms with E-state index < -0.39 is 12.1 Å². The lowest BCUT2D eigenvalue weighted by molar-refractivity contribution is -0.146. The lowest BCUT2D eigenvalue weighted by Crippen LogP contribution is -2.30. The molecule has 5 nitrogen and oxygen atoms in total. The molecule has 1 atom stereocenters. The van der Waals surface area contributed by atoms with Crippen molar-refractivity contribution >= 4 is 23.2 Å². The minimum Gasteiger partial charge on any atom is -0.479 e. The van der Waals surface area contributed by atoms with Crippen LogP contribution in [0.5, 0.6) is 0 Å². The van der Waals surface area contributed by atoms with Crippen LogP contribution in [0.2, 0.25) is 0 Å². The van der Waals surface area contributed by atoms with E-state index in [0.29, 0.717) is 4.88 Å². The number of rotatable bonds is 6. The fourth-order valence-corrected chi connectivity index (χ4v) is 2.25. The van der Waals surface area contributed by atoms with Gasteiger partial charge in [-0.25, -0.2) is 4.79 Å². The number of hydrogen-bond donors (Lipinski definition) is 3. The van der Waals surface area contributed by atoms with Crippen LogP contribution in [0.1, 0.15) is 28.6 Å². The Bertz CT molecular complexity index is 402. The molecule has 1 aromatic rings. The summed E-state index contributed by atoms with van der Waals surface area (Å²) in [6.07, 6.45) is -0.637. The molecule has 0 saturated carbocycles. The first kappa shape index (κ1) is 13.7. The molecular weight excluding hydrogens is 242 g/mol. The topological polar surface area (TPSA) is 86.6 Å². The molecule has 3 N–H and O–H groups in total. The second kappa shape index (κ2) is 6.36. The molecule has 0 aliphatic carbocycles. The van der Waals surface area contributed by atoms with E-state index in [4.69, 9.17) is 10.2 Å². The first-order chi connectivity index (χ1) is 8.06. The van der Waals surface area contributed by atoms with Crippen molar-refractivity contribution in [2.24, 2.45) is 0 Å². The minimum atomic E-state index is -1.43. The molecule has 0 aromatic carbocycles. The lowest BCUT2D eigenvalue weighted by Gasteiger charge is -2.07. The van der Waals surface area contributed by atoms with Crippen molar-refractivity contribution in [3.63, 3.8) is 0 Å². The Morgan fingerprint density at radius 3 is 2.82 bits per heavy atom. The highest BCUT2D eigenvalue weighted by atomic mass is 32.1. The van der Waals surface area contributed by atoms with Gasteiger partial charge in [-0.05, 0) is 23.4 Å². The van der Waals surface area contributed by atoms with Crippen molar-refractivity contribution in [1.82, 2.24) is 5.32 Å². The maximum Gasteiger partial charge on any atom is 0.332 e. The number of carbonyl (C=O) groups is 2. The van der Waals surface area contributed by atoms with Gasteiger partial charge in [-0.3, -0.25) is 4.79 Å². The Hall–Kier alpha value is -1.40. The monoisotopic (exact) mass is 257 g/mol. The third-order valence-corrected chi connectivity index (χ3v) is 3.28. The number of amides is 1. The normalized spacial score (nSPS) is 12.1. The van der Waals surface area contributed by atoms with Crippen LogP contribution in [0.4, 0.5) is 0 Å². The minimum absolute atomic E-state index is 0.00784. The third-order valence-electron chi connectivity index (χ3n) is 2.32. The maximum absolute atomic E-state index is 11.7. The van der Waals surface area contributed by atoms with Gasteiger partial charge >= 0.3 is 5.97 Å². The molecule has 0 aliphatic rings. The molecule has 1 aromatic heterocycles. The van der Waals surface area contributed by atoms with Gasteiger partial charge in [0.2, 0.25) is 0 Å². The van der Waals surface area contributed by atoms with Gasteiger partial charge in [0.25, 0.3) is 5.91 Å². The molecule has 0 spiro atoms. The van der Waals surface area contributed by atoms with Gasteiger partial charge in [0.05, 0.1) is 4.88 Å². The number of aliphatic hydroxyl groups is 1. The fraction of sp³-hybridized carbons (Fsp3) is 0.455. The van der Waals surface area contributed by atoms with Crippen molar-refractivity contribution in [3.05, 3.63) is 21.9 Å². The SMILES string of the molecule is CCc1ccsc1C(=O)NCC[C@H](O)C(=O)O. The van der Waals surface area contributed by atoms with Crippen LogP contribution in [0.15, 0.2) is 11.4 Å². The largest absolute Gasteiger partial charge is 0.479 e. The van der Waals surface area contributed by atoms with Crippen LogP contribution < -0.4 is 5.32 Å². The number of aryl methyl sites for hydroxylation is 1. The molecule has 0 fully saturated rings. The van der Waals surface area contributed by atoms with Gasteiger partial charge in [0.1, 0.15) is 0 Å². The summed E-state index contributed by atoms with van der Waals surface area (Å²) in [5, 5.41) is 21.9. The van der Waals surface area contributed by atoms with Gasteiger partial charge in [-0.15, -0.1) is 11.3 Å². The van der Waals surface area contributed by atoms with Crippen molar-refractivity contribution in [2.45, 2.75) is 25.9 Å². The van der Waals surface area contributed by atoms with Crippen molar-refractivity contribution in [3.8, 4) is 0 Å². The van der Waals surface area contributed by atoms with Crippen LogP contribution >= 0.6 is 11.3 Å². The summed E-state index contributed by atoms with van der Waals surface area (Å²) < 4.78 is 0. The molecule has 1 amide bonds. The Balaban J connectivity index is 2.43. The standard InChI is InChI=1S/C11H15NO4S/c1-2-7-4-6-17-9(7)10(14)12-5-3-8(13)11(15)16/h4,6,8,13H,2-3,5H2,1H3,(H,12,14)(H,15,16)/t8-/m0/s1. The van der Waals surface area contributed by atoms with E-state index in [9.17, 15) is 9.59 Å². The van der Waals surface area contributed by atoms with Crippen LogP contribution in [0, 0.1) is 0 Å². The second-order valence-electron chi connectivity index (χ2n) is 3.53. The molecule has 0 unspecified atom stereocenters. The molecule has 1 rings (SSSR count). The first-order valence-corrected chi connectivity index (χ1v) is 6.19. The van der Waals surface area contributed by atoms with Gasteiger partial charge in [0, 0.05) is 13.0 Å². The molecule has 17 heavy (non-hydrogen) atoms. The van der Waals surface area contributed by atoms with Crippen LogP contribution in [-0.4, -0.2) is 34.7 Å². The number of carboxylic acid groups (broad SMARTS) is 1. The number of aliphatic carboxylic acids is 1. The molecule has 1 heterocycles. The number of aliphatic hydroxyl groups excluding tert-OH is 1. The third kappa shape index (κ3) is 3.83. The van der Waals surface area contributed by atoms with E-state index in [1.165, 1.54) is 11.3 Å². The van der Waals surface area contributed by atoms with Crippen LogP contribution in [0.25, 0.3) is 0 Å². The van der Waals surface area contributed by atoms with E-state index in [2.05, 4.69) is 5.32 Å². The van der Waals surface area contributed by atoms with Gasteiger partial charge < -0.3 is 15.5 Å². The molecule has 0 bridgehead atoms. The van der Waals surface area contributed by atoms with E-state index in [0.717, 1.165) is 12.0 Å². The molecule has 94 valence electrons. The van der Waals surface area contributed by atoms with Crippen LogP contribution in [0.3, 0.4) is 0 Å². The molecular formula is C11H15NO4S. The zero-order chi connectivity index (χ0) is 12.8. The number of nitrogens with one attached hydrogen (secondary N) is 1. The van der Waals surface area contributed by atoms with Gasteiger partial charge in [-0.1, -0.05) is 6.92 Å². The smallest absolute Gasteiger partial charge is 0.332 e. The molecule has 6 heteroatoms. The summed E-state index contributed by atoms with van der Waals surface area (Å²) in [7, 11) is 0. The van der Waals surface area contributed by atoms with Gasteiger partial charge in [-0.2, -0.15) is 0 Å². The van der Waals surface area contributed by atoms with E-state index in [1.807, 2.05) is 18.4 Å². The van der Waals surface area contributed by atoms with Crippen LogP contribution in [-0.2, 0) is 11.2 Å². The lowest BCUT2D eigenvalue weighted by atomic mass is 10.2. The molecule has 0 saturated heterocycles. The predicted octanol–water partition coefficient (Wildman–Crippen LogP) is 0.876. The van der Waals surface area contributed by atoms with Crippen molar-refractivity contribution < 1.29 is 19.8 Å². The van der Waals surface area contributed by atoms with Gasteiger partial charge in [0.15, 0.2) is 6.10 Å². The summed E-state index contributed by atoms with van der Waals surface area (Å²) >= 11 is 1.36. The Morgan fingerprint density at radius 2 is 2.24 bits per heavy atom. The Kier molecular flexibility index (Phi) is 5.11. The molecule has 0 aliphatic heterocycles. The Morgan fingerprint density at radius 1 is 1.53 bits per heavy atom. The first-order valence-electron chi connectivity index (χ1n) is 5.31. The highest BCUT2D eigenvalue weighted by molar-refractivity contribution is 7.12. The van der Waals surface area contributed by atoms with E-state index >= 15 is 0 Å². The molecule has 0 radical (unpaired) electrons. The summed E-state index contributed by atoms with van der Waals surface area (Å²) in [6.45, 7) is 2.11. The average Bonchev–Trinajstić information content (AvgIpc) is 2.76. The predicted molar refractivity (Wildman–Crippen MR) is 64.3 cm³/mol. The summed E-state index contributed by atoms with van der Waals surface area (Å²) in [6, 6.07) is 1.89. The number of carboxylic acids is 1. The average molecular weight is 257 g/mol. The fourth-order valence-electron chi connectivity index (χ4n) is 1.34. The number of hydrogen-bond acceptors (Lipinski definition) is 4. The zero-order valence-corrected chi connectivity index (χ0v) is 10.3.